The maximum atomic E-state index is 13.5. The van der Waals surface area contributed by atoms with Gasteiger partial charge >= 0.3 is 0 Å². The van der Waals surface area contributed by atoms with Crippen LogP contribution in [0.1, 0.15) is 13.8 Å². The Hall–Kier alpha value is -0.610. The van der Waals surface area contributed by atoms with E-state index in [1.807, 2.05) is 7.05 Å². The minimum Gasteiger partial charge on any atom is -0.486 e. The van der Waals surface area contributed by atoms with E-state index in [1.54, 1.807) is 12.1 Å². The zero-order valence-electron chi connectivity index (χ0n) is 9.76. The van der Waals surface area contributed by atoms with Gasteiger partial charge in [0, 0.05) is 11.0 Å². The van der Waals surface area contributed by atoms with Crippen molar-refractivity contribution in [3.05, 3.63) is 28.5 Å². The van der Waals surface area contributed by atoms with Gasteiger partial charge in [-0.25, -0.2) is 4.39 Å². The maximum Gasteiger partial charge on any atom is 0.165 e. The normalized spacial score (nSPS) is 12.9. The van der Waals surface area contributed by atoms with Crippen molar-refractivity contribution >= 4 is 15.9 Å². The summed E-state index contributed by atoms with van der Waals surface area (Å²) in [5, 5.41) is 3.04. The summed E-state index contributed by atoms with van der Waals surface area (Å²) in [6.07, 6.45) is -0.0335. The first-order chi connectivity index (χ1) is 7.54. The zero-order chi connectivity index (χ0) is 12.1. The number of likely N-dealkylation sites (N-methyl/N-ethyl adjacent to an activating group) is 1. The number of hydrogen-bond acceptors (Lipinski definition) is 2. The summed E-state index contributed by atoms with van der Waals surface area (Å²) in [5.74, 6) is 0.291. The fourth-order valence-electron chi connectivity index (χ4n) is 1.35. The molecule has 1 atom stereocenters. The van der Waals surface area contributed by atoms with Crippen molar-refractivity contribution in [2.24, 2.45) is 5.92 Å². The van der Waals surface area contributed by atoms with Crippen LogP contribution in [-0.2, 0) is 0 Å². The van der Waals surface area contributed by atoms with E-state index in [9.17, 15) is 4.39 Å². The monoisotopic (exact) mass is 289 g/mol. The van der Waals surface area contributed by atoms with E-state index in [2.05, 4.69) is 35.1 Å². The second kappa shape index (κ2) is 6.21. The Bertz CT molecular complexity index is 344. The van der Waals surface area contributed by atoms with Crippen LogP contribution in [-0.4, -0.2) is 19.7 Å². The van der Waals surface area contributed by atoms with Gasteiger partial charge < -0.3 is 10.1 Å². The van der Waals surface area contributed by atoms with E-state index in [0.717, 1.165) is 4.47 Å². The average Bonchev–Trinajstić information content (AvgIpc) is 2.22. The molecule has 0 radical (unpaired) electrons. The summed E-state index contributed by atoms with van der Waals surface area (Å²) in [6.45, 7) is 4.80. The van der Waals surface area contributed by atoms with Crippen molar-refractivity contribution in [1.82, 2.24) is 5.32 Å². The Kier molecular flexibility index (Phi) is 5.22. The number of halogens is 2. The van der Waals surface area contributed by atoms with Crippen molar-refractivity contribution in [2.75, 3.05) is 13.6 Å². The molecule has 0 aliphatic carbocycles. The third kappa shape index (κ3) is 3.76. The molecule has 16 heavy (non-hydrogen) atoms. The van der Waals surface area contributed by atoms with Crippen LogP contribution in [0.4, 0.5) is 4.39 Å². The minimum absolute atomic E-state index is 0.0335. The second-order valence-corrected chi connectivity index (χ2v) is 4.95. The van der Waals surface area contributed by atoms with Crippen LogP contribution >= 0.6 is 15.9 Å². The molecule has 1 N–H and O–H groups in total. The minimum atomic E-state index is -0.329. The molecule has 0 bridgehead atoms. The smallest absolute Gasteiger partial charge is 0.165 e. The summed E-state index contributed by atoms with van der Waals surface area (Å²) >= 11 is 3.30. The molecule has 0 spiro atoms. The Morgan fingerprint density at radius 3 is 2.69 bits per heavy atom. The highest BCUT2D eigenvalue weighted by Crippen LogP contribution is 2.24. The van der Waals surface area contributed by atoms with Crippen molar-refractivity contribution in [3.8, 4) is 5.75 Å². The summed E-state index contributed by atoms with van der Waals surface area (Å²) in [7, 11) is 1.86. The molecule has 1 unspecified atom stereocenters. The first-order valence-electron chi connectivity index (χ1n) is 5.31. The number of benzene rings is 1. The Morgan fingerprint density at radius 2 is 2.12 bits per heavy atom. The van der Waals surface area contributed by atoms with Crippen LogP contribution in [0, 0.1) is 11.7 Å². The molecule has 0 heterocycles. The van der Waals surface area contributed by atoms with Crippen LogP contribution in [0.5, 0.6) is 5.75 Å². The maximum absolute atomic E-state index is 13.5. The molecule has 0 aliphatic heterocycles. The lowest BCUT2D eigenvalue weighted by Gasteiger charge is -2.22. The number of rotatable bonds is 5. The molecular weight excluding hydrogens is 273 g/mol. The van der Waals surface area contributed by atoms with Crippen LogP contribution in [0.2, 0.25) is 0 Å². The molecule has 1 aromatic rings. The van der Waals surface area contributed by atoms with Crippen molar-refractivity contribution in [1.29, 1.82) is 0 Å². The van der Waals surface area contributed by atoms with Gasteiger partial charge in [-0.3, -0.25) is 0 Å². The van der Waals surface area contributed by atoms with E-state index in [1.165, 1.54) is 6.07 Å². The van der Waals surface area contributed by atoms with Gasteiger partial charge in [0.15, 0.2) is 11.6 Å². The third-order valence-electron chi connectivity index (χ3n) is 2.32. The SMILES string of the molecule is CNCC(Oc1cc(Br)ccc1F)C(C)C. The fourth-order valence-corrected chi connectivity index (χ4v) is 1.69. The van der Waals surface area contributed by atoms with Crippen LogP contribution in [0.25, 0.3) is 0 Å². The molecule has 2 nitrogen and oxygen atoms in total. The van der Waals surface area contributed by atoms with Gasteiger partial charge in [-0.2, -0.15) is 0 Å². The zero-order valence-corrected chi connectivity index (χ0v) is 11.3. The van der Waals surface area contributed by atoms with Gasteiger partial charge in [-0.05, 0) is 31.2 Å². The largest absolute Gasteiger partial charge is 0.486 e. The predicted molar refractivity (Wildman–Crippen MR) is 67.3 cm³/mol. The van der Waals surface area contributed by atoms with E-state index in [-0.39, 0.29) is 11.9 Å². The molecule has 0 saturated heterocycles. The van der Waals surface area contributed by atoms with Gasteiger partial charge in [-0.1, -0.05) is 29.8 Å². The Morgan fingerprint density at radius 1 is 1.44 bits per heavy atom. The summed E-state index contributed by atoms with van der Waals surface area (Å²) in [5.41, 5.74) is 0. The lowest BCUT2D eigenvalue weighted by Crippen LogP contribution is -2.33. The van der Waals surface area contributed by atoms with Gasteiger partial charge in [0.25, 0.3) is 0 Å². The standard InChI is InChI=1S/C12H17BrFNO/c1-8(2)12(7-15-3)16-11-6-9(13)4-5-10(11)14/h4-6,8,12,15H,7H2,1-3H3. The van der Waals surface area contributed by atoms with E-state index in [0.29, 0.717) is 18.2 Å². The highest BCUT2D eigenvalue weighted by atomic mass is 79.9. The highest BCUT2D eigenvalue weighted by molar-refractivity contribution is 9.10. The molecule has 90 valence electrons. The van der Waals surface area contributed by atoms with Crippen molar-refractivity contribution < 1.29 is 9.13 Å². The third-order valence-corrected chi connectivity index (χ3v) is 2.81. The second-order valence-electron chi connectivity index (χ2n) is 4.03. The molecule has 4 heteroatoms. The molecule has 0 saturated carbocycles. The first kappa shape index (κ1) is 13.5. The molecule has 0 aromatic heterocycles. The van der Waals surface area contributed by atoms with Gasteiger partial charge in [-0.15, -0.1) is 0 Å². The average molecular weight is 290 g/mol. The summed E-state index contributed by atoms with van der Waals surface area (Å²) in [4.78, 5) is 0. The van der Waals surface area contributed by atoms with E-state index in [4.69, 9.17) is 4.74 Å². The van der Waals surface area contributed by atoms with Crippen LogP contribution < -0.4 is 10.1 Å². The van der Waals surface area contributed by atoms with Gasteiger partial charge in [0.1, 0.15) is 6.10 Å². The van der Waals surface area contributed by atoms with Gasteiger partial charge in [0.2, 0.25) is 0 Å². The molecular formula is C12H17BrFNO. The molecule has 1 aromatic carbocycles. The van der Waals surface area contributed by atoms with Crippen molar-refractivity contribution in [2.45, 2.75) is 20.0 Å². The Balaban J connectivity index is 2.80. The fraction of sp³-hybridized carbons (Fsp3) is 0.500. The molecule has 0 fully saturated rings. The summed E-state index contributed by atoms with van der Waals surface area (Å²) in [6, 6.07) is 4.71. The first-order valence-corrected chi connectivity index (χ1v) is 6.10. The van der Waals surface area contributed by atoms with Crippen molar-refractivity contribution in [3.63, 3.8) is 0 Å². The number of hydrogen-bond donors (Lipinski definition) is 1. The summed E-state index contributed by atoms with van der Waals surface area (Å²) < 4.78 is 19.9. The topological polar surface area (TPSA) is 21.3 Å². The Labute approximate surface area is 104 Å². The van der Waals surface area contributed by atoms with E-state index < -0.39 is 0 Å². The quantitative estimate of drug-likeness (QED) is 0.899. The number of nitrogens with one attached hydrogen (secondary N) is 1. The van der Waals surface area contributed by atoms with Crippen LogP contribution in [0.3, 0.4) is 0 Å². The molecule has 0 amide bonds. The lowest BCUT2D eigenvalue weighted by atomic mass is 10.1. The number of ether oxygens (including phenoxy) is 1. The molecule has 1 rings (SSSR count). The lowest BCUT2D eigenvalue weighted by molar-refractivity contribution is 0.145. The van der Waals surface area contributed by atoms with E-state index >= 15 is 0 Å². The van der Waals surface area contributed by atoms with Crippen LogP contribution in [0.15, 0.2) is 22.7 Å². The highest BCUT2D eigenvalue weighted by Gasteiger charge is 2.16. The predicted octanol–water partition coefficient (Wildman–Crippen LogP) is 3.21. The van der Waals surface area contributed by atoms with Gasteiger partial charge in [0.05, 0.1) is 0 Å². The molecule has 0 aliphatic rings.